The van der Waals surface area contributed by atoms with Gasteiger partial charge in [-0.1, -0.05) is 15.9 Å². The maximum atomic E-state index is 13.3. The molecular formula is C12H8Br2ClFS. The third-order valence-electron chi connectivity index (χ3n) is 2.30. The van der Waals surface area contributed by atoms with Crippen molar-refractivity contribution in [2.24, 2.45) is 0 Å². The van der Waals surface area contributed by atoms with E-state index in [0.29, 0.717) is 4.47 Å². The number of benzene rings is 1. The largest absolute Gasteiger partial charge is 0.207 e. The average molecular weight is 399 g/mol. The third-order valence-corrected chi connectivity index (χ3v) is 5.58. The highest BCUT2D eigenvalue weighted by Crippen LogP contribution is 2.38. The molecule has 0 aliphatic heterocycles. The Bertz CT molecular complexity index is 514. The summed E-state index contributed by atoms with van der Waals surface area (Å²) in [7, 11) is 0. The lowest BCUT2D eigenvalue weighted by molar-refractivity contribution is 0.625. The molecule has 0 fully saturated rings. The lowest BCUT2D eigenvalue weighted by atomic mass is 10.1. The van der Waals surface area contributed by atoms with Crippen LogP contribution in [-0.2, 0) is 0 Å². The molecule has 1 atom stereocenters. The van der Waals surface area contributed by atoms with Crippen molar-refractivity contribution < 1.29 is 4.39 Å². The van der Waals surface area contributed by atoms with E-state index in [-0.39, 0.29) is 11.2 Å². The van der Waals surface area contributed by atoms with Gasteiger partial charge < -0.3 is 0 Å². The maximum absolute atomic E-state index is 13.3. The standard InChI is InChI=1S/C12H8Br2ClFS/c1-6-10(14)5-11(17-6)12(15)7-2-8(13)4-9(16)3-7/h2-5,12H,1H3. The van der Waals surface area contributed by atoms with Crippen LogP contribution in [0.15, 0.2) is 33.2 Å². The van der Waals surface area contributed by atoms with Crippen LogP contribution in [0, 0.1) is 12.7 Å². The lowest BCUT2D eigenvalue weighted by Gasteiger charge is -2.08. The van der Waals surface area contributed by atoms with Crippen molar-refractivity contribution in [3.05, 3.63) is 54.3 Å². The zero-order valence-electron chi connectivity index (χ0n) is 8.81. The summed E-state index contributed by atoms with van der Waals surface area (Å²) in [6, 6.07) is 6.70. The highest BCUT2D eigenvalue weighted by Gasteiger charge is 2.16. The number of alkyl halides is 1. The van der Waals surface area contributed by atoms with Crippen LogP contribution in [0.25, 0.3) is 0 Å². The summed E-state index contributed by atoms with van der Waals surface area (Å²) in [5.74, 6) is -0.285. The normalized spacial score (nSPS) is 12.8. The zero-order chi connectivity index (χ0) is 12.6. The first kappa shape index (κ1) is 13.5. The van der Waals surface area contributed by atoms with Gasteiger partial charge in [0.15, 0.2) is 0 Å². The molecule has 1 aromatic carbocycles. The van der Waals surface area contributed by atoms with Crippen molar-refractivity contribution in [3.63, 3.8) is 0 Å². The molecule has 2 aromatic rings. The summed E-state index contributed by atoms with van der Waals surface area (Å²) in [5, 5.41) is -0.322. The van der Waals surface area contributed by atoms with E-state index in [1.807, 2.05) is 19.1 Å². The minimum atomic E-state index is -0.322. The molecule has 0 saturated heterocycles. The number of aryl methyl sites for hydroxylation is 1. The van der Waals surface area contributed by atoms with Gasteiger partial charge in [-0.05, 0) is 52.7 Å². The van der Waals surface area contributed by atoms with Gasteiger partial charge in [0.1, 0.15) is 5.82 Å². The van der Waals surface area contributed by atoms with E-state index in [1.165, 1.54) is 17.0 Å². The fourth-order valence-corrected chi connectivity index (χ4v) is 3.87. The van der Waals surface area contributed by atoms with Crippen molar-refractivity contribution in [2.45, 2.75) is 12.3 Å². The van der Waals surface area contributed by atoms with Gasteiger partial charge in [0.25, 0.3) is 0 Å². The Hall–Kier alpha value is 0.1000. The molecule has 0 bridgehead atoms. The fraction of sp³-hybridized carbons (Fsp3) is 0.167. The monoisotopic (exact) mass is 396 g/mol. The smallest absolute Gasteiger partial charge is 0.124 e. The molecule has 0 amide bonds. The average Bonchev–Trinajstić information content (AvgIpc) is 2.57. The minimum absolute atomic E-state index is 0.285. The molecule has 1 unspecified atom stereocenters. The first-order chi connectivity index (χ1) is 7.97. The summed E-state index contributed by atoms with van der Waals surface area (Å²) in [4.78, 5) is 2.18. The fourth-order valence-electron chi connectivity index (χ4n) is 1.49. The number of hydrogen-bond acceptors (Lipinski definition) is 1. The zero-order valence-corrected chi connectivity index (χ0v) is 13.6. The molecule has 90 valence electrons. The number of rotatable bonds is 2. The highest BCUT2D eigenvalue weighted by atomic mass is 79.9. The van der Waals surface area contributed by atoms with E-state index in [2.05, 4.69) is 31.9 Å². The highest BCUT2D eigenvalue weighted by molar-refractivity contribution is 9.10. The second-order valence-corrected chi connectivity index (χ2v) is 7.11. The Morgan fingerprint density at radius 1 is 1.24 bits per heavy atom. The molecule has 0 saturated carbocycles. The van der Waals surface area contributed by atoms with Gasteiger partial charge in [-0.25, -0.2) is 4.39 Å². The van der Waals surface area contributed by atoms with Gasteiger partial charge in [-0.15, -0.1) is 22.9 Å². The minimum Gasteiger partial charge on any atom is -0.207 e. The SMILES string of the molecule is Cc1sc(C(Cl)c2cc(F)cc(Br)c2)cc1Br. The molecule has 0 N–H and O–H groups in total. The molecule has 0 nitrogen and oxygen atoms in total. The Kier molecular flexibility index (Phi) is 4.29. The van der Waals surface area contributed by atoms with Crippen molar-refractivity contribution >= 4 is 54.8 Å². The van der Waals surface area contributed by atoms with Crippen LogP contribution in [-0.4, -0.2) is 0 Å². The first-order valence-electron chi connectivity index (χ1n) is 4.83. The molecular weight excluding hydrogens is 390 g/mol. The second-order valence-electron chi connectivity index (χ2n) is 3.62. The molecule has 1 aromatic heterocycles. The Balaban J connectivity index is 2.39. The molecule has 0 spiro atoms. The predicted molar refractivity (Wildman–Crippen MR) is 78.6 cm³/mol. The van der Waals surface area contributed by atoms with Crippen LogP contribution in [0.4, 0.5) is 4.39 Å². The van der Waals surface area contributed by atoms with Crippen LogP contribution < -0.4 is 0 Å². The van der Waals surface area contributed by atoms with Crippen molar-refractivity contribution in [2.75, 3.05) is 0 Å². The summed E-state index contributed by atoms with van der Waals surface area (Å²) >= 11 is 14.7. The van der Waals surface area contributed by atoms with Crippen molar-refractivity contribution in [1.82, 2.24) is 0 Å². The van der Waals surface area contributed by atoms with Crippen LogP contribution in [0.1, 0.15) is 20.7 Å². The van der Waals surface area contributed by atoms with Crippen molar-refractivity contribution in [3.8, 4) is 0 Å². The van der Waals surface area contributed by atoms with E-state index in [4.69, 9.17) is 11.6 Å². The Morgan fingerprint density at radius 3 is 2.47 bits per heavy atom. The molecule has 0 aliphatic carbocycles. The molecule has 17 heavy (non-hydrogen) atoms. The predicted octanol–water partition coefficient (Wildman–Crippen LogP) is 6.05. The van der Waals surface area contributed by atoms with Crippen LogP contribution in [0.3, 0.4) is 0 Å². The van der Waals surface area contributed by atoms with Gasteiger partial charge in [0.2, 0.25) is 0 Å². The number of hydrogen-bond donors (Lipinski definition) is 0. The lowest BCUT2D eigenvalue weighted by Crippen LogP contribution is -1.91. The summed E-state index contributed by atoms with van der Waals surface area (Å²) in [5.41, 5.74) is 0.757. The molecule has 1 heterocycles. The quantitative estimate of drug-likeness (QED) is 0.540. The van der Waals surface area contributed by atoms with Gasteiger partial charge in [0.05, 0.1) is 5.38 Å². The van der Waals surface area contributed by atoms with Crippen LogP contribution >= 0.6 is 54.8 Å². The summed E-state index contributed by atoms with van der Waals surface area (Å²) in [6.07, 6.45) is 0. The maximum Gasteiger partial charge on any atom is 0.124 e. The molecule has 0 aliphatic rings. The van der Waals surface area contributed by atoms with Gasteiger partial charge in [-0.3, -0.25) is 0 Å². The van der Waals surface area contributed by atoms with E-state index in [9.17, 15) is 4.39 Å². The number of thiophene rings is 1. The Labute approximate surface area is 125 Å². The topological polar surface area (TPSA) is 0 Å². The number of halogens is 4. The summed E-state index contributed by atoms with van der Waals surface area (Å²) < 4.78 is 15.0. The Morgan fingerprint density at radius 2 is 1.94 bits per heavy atom. The van der Waals surface area contributed by atoms with E-state index >= 15 is 0 Å². The van der Waals surface area contributed by atoms with Crippen LogP contribution in [0.2, 0.25) is 0 Å². The molecule has 0 radical (unpaired) electrons. The molecule has 2 rings (SSSR count). The van der Waals surface area contributed by atoms with Gasteiger partial charge in [0, 0.05) is 18.7 Å². The summed E-state index contributed by atoms with van der Waals surface area (Å²) in [6.45, 7) is 2.02. The van der Waals surface area contributed by atoms with E-state index < -0.39 is 0 Å². The van der Waals surface area contributed by atoms with E-state index in [1.54, 1.807) is 11.3 Å². The van der Waals surface area contributed by atoms with Crippen molar-refractivity contribution in [1.29, 1.82) is 0 Å². The third kappa shape index (κ3) is 3.11. The second kappa shape index (κ2) is 5.39. The molecule has 5 heteroatoms. The van der Waals surface area contributed by atoms with Gasteiger partial charge >= 0.3 is 0 Å². The van der Waals surface area contributed by atoms with Gasteiger partial charge in [-0.2, -0.15) is 0 Å². The van der Waals surface area contributed by atoms with Crippen LogP contribution in [0.5, 0.6) is 0 Å². The first-order valence-corrected chi connectivity index (χ1v) is 7.67. The van der Waals surface area contributed by atoms with E-state index in [0.717, 1.165) is 14.9 Å².